The van der Waals surface area contributed by atoms with Crippen LogP contribution in [-0.2, 0) is 21.5 Å². The maximum Gasteiger partial charge on any atom is 0.330 e. The Balaban J connectivity index is 2.36. The summed E-state index contributed by atoms with van der Waals surface area (Å²) in [5.74, 6) is -0.186. The van der Waals surface area contributed by atoms with E-state index in [2.05, 4.69) is 41.4 Å². The first-order valence-corrected chi connectivity index (χ1v) is 7.76. The highest BCUT2D eigenvalue weighted by atomic mass is 16.5. The molecule has 1 heterocycles. The molecule has 4 heteroatoms. The molecule has 21 heavy (non-hydrogen) atoms. The van der Waals surface area contributed by atoms with Crippen molar-refractivity contribution in [3.05, 3.63) is 35.4 Å². The van der Waals surface area contributed by atoms with E-state index in [-0.39, 0.29) is 5.97 Å². The average Bonchev–Trinajstić information content (AvgIpc) is 2.83. The number of nitrogens with one attached hydrogen (secondary N) is 1. The Hall–Kier alpha value is -1.39. The largest absolute Gasteiger partial charge is 0.467 e. The van der Waals surface area contributed by atoms with Crippen LogP contribution in [-0.4, -0.2) is 44.2 Å². The fraction of sp³-hybridized carbons (Fsp3) is 0.588. The average molecular weight is 290 g/mol. The Morgan fingerprint density at radius 3 is 2.62 bits per heavy atom. The van der Waals surface area contributed by atoms with Gasteiger partial charge in [0.1, 0.15) is 5.54 Å². The van der Waals surface area contributed by atoms with E-state index < -0.39 is 5.54 Å². The first-order chi connectivity index (χ1) is 10.1. The molecule has 1 aromatic rings. The molecule has 0 spiro atoms. The Morgan fingerprint density at radius 1 is 1.29 bits per heavy atom. The Kier molecular flexibility index (Phi) is 5.37. The van der Waals surface area contributed by atoms with E-state index in [1.165, 1.54) is 12.7 Å². The van der Waals surface area contributed by atoms with Gasteiger partial charge in [-0.15, -0.1) is 0 Å². The van der Waals surface area contributed by atoms with Gasteiger partial charge in [0.05, 0.1) is 7.11 Å². The highest BCUT2D eigenvalue weighted by Gasteiger charge is 2.42. The number of hydrogen-bond donors (Lipinski definition) is 1. The number of carbonyl (C=O) groups excluding carboxylic acids is 1. The lowest BCUT2D eigenvalue weighted by Crippen LogP contribution is -2.51. The van der Waals surface area contributed by atoms with Gasteiger partial charge in [-0.05, 0) is 37.4 Å². The van der Waals surface area contributed by atoms with Crippen molar-refractivity contribution in [2.24, 2.45) is 0 Å². The van der Waals surface area contributed by atoms with Crippen molar-refractivity contribution in [1.29, 1.82) is 0 Å². The Labute approximate surface area is 127 Å². The number of benzene rings is 1. The van der Waals surface area contributed by atoms with Crippen molar-refractivity contribution in [3.8, 4) is 0 Å². The first kappa shape index (κ1) is 16.0. The number of aryl methyl sites for hydroxylation is 1. The molecule has 0 aromatic heterocycles. The normalized spacial score (nSPS) is 19.6. The number of carbonyl (C=O) groups is 1. The summed E-state index contributed by atoms with van der Waals surface area (Å²) in [5, 5.41) is 3.38. The molecular formula is C17H26N2O2. The van der Waals surface area contributed by atoms with Gasteiger partial charge < -0.3 is 10.1 Å². The van der Waals surface area contributed by atoms with Crippen LogP contribution in [0.4, 0.5) is 0 Å². The number of hydrogen-bond acceptors (Lipinski definition) is 4. The number of rotatable bonds is 4. The molecule has 1 aromatic carbocycles. The molecule has 2 rings (SSSR count). The van der Waals surface area contributed by atoms with Crippen LogP contribution < -0.4 is 5.32 Å². The summed E-state index contributed by atoms with van der Waals surface area (Å²) in [6.07, 6.45) is 2.04. The zero-order valence-electron chi connectivity index (χ0n) is 13.3. The van der Waals surface area contributed by atoms with Crippen LogP contribution >= 0.6 is 0 Å². The van der Waals surface area contributed by atoms with Crippen LogP contribution in [0.2, 0.25) is 0 Å². The summed E-state index contributed by atoms with van der Waals surface area (Å²) in [6, 6.07) is 8.33. The highest BCUT2D eigenvalue weighted by Crippen LogP contribution is 2.30. The van der Waals surface area contributed by atoms with Gasteiger partial charge in [0.25, 0.3) is 0 Å². The van der Waals surface area contributed by atoms with Gasteiger partial charge in [-0.2, -0.15) is 0 Å². The second-order valence-electron chi connectivity index (χ2n) is 5.70. The zero-order valence-corrected chi connectivity index (χ0v) is 13.3. The summed E-state index contributed by atoms with van der Waals surface area (Å²) in [7, 11) is 1.47. The van der Waals surface area contributed by atoms with E-state index in [9.17, 15) is 4.79 Å². The van der Waals surface area contributed by atoms with Crippen LogP contribution in [0.5, 0.6) is 0 Å². The van der Waals surface area contributed by atoms with E-state index in [0.29, 0.717) is 0 Å². The summed E-state index contributed by atoms with van der Waals surface area (Å²) in [4.78, 5) is 14.8. The maximum absolute atomic E-state index is 12.5. The lowest BCUT2D eigenvalue weighted by atomic mass is 9.88. The van der Waals surface area contributed by atoms with Crippen LogP contribution in [0.15, 0.2) is 24.3 Å². The van der Waals surface area contributed by atoms with Crippen LogP contribution in [0.25, 0.3) is 0 Å². The lowest BCUT2D eigenvalue weighted by Gasteiger charge is -2.38. The van der Waals surface area contributed by atoms with E-state index in [1.54, 1.807) is 0 Å². The molecule has 1 saturated heterocycles. The van der Waals surface area contributed by atoms with Crippen LogP contribution in [0, 0.1) is 0 Å². The van der Waals surface area contributed by atoms with E-state index >= 15 is 0 Å². The minimum absolute atomic E-state index is 0.186. The third kappa shape index (κ3) is 3.27. The summed E-state index contributed by atoms with van der Waals surface area (Å²) in [6.45, 7) is 7.76. The fourth-order valence-corrected chi connectivity index (χ4v) is 2.99. The molecule has 1 atom stereocenters. The van der Waals surface area contributed by atoms with Gasteiger partial charge in [0.2, 0.25) is 0 Å². The fourth-order valence-electron chi connectivity index (χ4n) is 2.99. The summed E-state index contributed by atoms with van der Waals surface area (Å²) < 4.78 is 5.12. The van der Waals surface area contributed by atoms with Crippen molar-refractivity contribution < 1.29 is 9.53 Å². The van der Waals surface area contributed by atoms with Gasteiger partial charge >= 0.3 is 5.97 Å². The molecule has 0 radical (unpaired) electrons. The van der Waals surface area contributed by atoms with Crippen molar-refractivity contribution in [2.75, 3.05) is 33.3 Å². The number of esters is 1. The monoisotopic (exact) mass is 290 g/mol. The number of ether oxygens (including phenoxy) is 1. The standard InChI is InChI=1S/C17H26N2O2/c1-4-14-6-8-15(9-7-14)17(2,16(20)21-3)19-12-5-10-18-11-13-19/h6-9,18H,4-5,10-13H2,1-3H3. The molecule has 0 saturated carbocycles. The second kappa shape index (κ2) is 7.05. The van der Waals surface area contributed by atoms with Crippen molar-refractivity contribution in [2.45, 2.75) is 32.2 Å². The van der Waals surface area contributed by atoms with E-state index in [4.69, 9.17) is 4.74 Å². The zero-order chi connectivity index (χ0) is 15.3. The quantitative estimate of drug-likeness (QED) is 0.861. The van der Waals surface area contributed by atoms with E-state index in [1.807, 2.05) is 6.92 Å². The molecule has 1 N–H and O–H groups in total. The van der Waals surface area contributed by atoms with Crippen molar-refractivity contribution in [1.82, 2.24) is 10.2 Å². The van der Waals surface area contributed by atoms with Gasteiger partial charge in [0, 0.05) is 19.6 Å². The molecule has 1 fully saturated rings. The molecule has 0 amide bonds. The third-order valence-electron chi connectivity index (χ3n) is 4.48. The van der Waals surface area contributed by atoms with Crippen LogP contribution in [0.1, 0.15) is 31.4 Å². The molecule has 1 unspecified atom stereocenters. The van der Waals surface area contributed by atoms with Gasteiger partial charge in [-0.1, -0.05) is 31.2 Å². The highest BCUT2D eigenvalue weighted by molar-refractivity contribution is 5.82. The van der Waals surface area contributed by atoms with Crippen LogP contribution in [0.3, 0.4) is 0 Å². The predicted molar refractivity (Wildman–Crippen MR) is 84.2 cm³/mol. The van der Waals surface area contributed by atoms with Gasteiger partial charge in [0.15, 0.2) is 0 Å². The topological polar surface area (TPSA) is 41.6 Å². The van der Waals surface area contributed by atoms with Crippen molar-refractivity contribution in [3.63, 3.8) is 0 Å². The Morgan fingerprint density at radius 2 is 2.00 bits per heavy atom. The van der Waals surface area contributed by atoms with Gasteiger partial charge in [-0.3, -0.25) is 4.90 Å². The minimum atomic E-state index is -0.715. The lowest BCUT2D eigenvalue weighted by molar-refractivity contribution is -0.155. The molecule has 116 valence electrons. The summed E-state index contributed by atoms with van der Waals surface area (Å²) in [5.41, 5.74) is 1.57. The van der Waals surface area contributed by atoms with Crippen molar-refractivity contribution >= 4 is 5.97 Å². The van der Waals surface area contributed by atoms with Gasteiger partial charge in [-0.25, -0.2) is 4.79 Å². The predicted octanol–water partition coefficient (Wildman–Crippen LogP) is 1.93. The minimum Gasteiger partial charge on any atom is -0.467 e. The second-order valence-corrected chi connectivity index (χ2v) is 5.70. The molecule has 1 aliphatic heterocycles. The molecule has 4 nitrogen and oxygen atoms in total. The smallest absolute Gasteiger partial charge is 0.330 e. The Bertz CT molecular complexity index is 464. The molecule has 0 aliphatic carbocycles. The third-order valence-corrected chi connectivity index (χ3v) is 4.48. The number of methoxy groups -OCH3 is 1. The molecular weight excluding hydrogens is 264 g/mol. The molecule has 1 aliphatic rings. The summed E-state index contributed by atoms with van der Waals surface area (Å²) >= 11 is 0. The number of nitrogens with zero attached hydrogens (tertiary/aromatic N) is 1. The molecule has 0 bridgehead atoms. The van der Waals surface area contributed by atoms with E-state index in [0.717, 1.165) is 44.6 Å². The first-order valence-electron chi connectivity index (χ1n) is 7.76. The maximum atomic E-state index is 12.5. The SMILES string of the molecule is CCc1ccc(C(C)(C(=O)OC)N2CCCNCC2)cc1.